The molecule has 0 aliphatic heterocycles. The molecule has 1 heterocycles. The van der Waals surface area contributed by atoms with Crippen LogP contribution < -0.4 is 5.56 Å². The number of carbonyl (C=O) groups is 1. The average molecular weight is 416 g/mol. The van der Waals surface area contributed by atoms with Crippen LogP contribution >= 0.6 is 11.8 Å². The van der Waals surface area contributed by atoms with E-state index in [0.717, 1.165) is 19.4 Å². The number of benzene rings is 1. The van der Waals surface area contributed by atoms with Crippen LogP contribution in [0.25, 0.3) is 10.9 Å². The summed E-state index contributed by atoms with van der Waals surface area (Å²) >= 11 is 1.42. The van der Waals surface area contributed by atoms with Crippen LogP contribution in [-0.2, 0) is 11.3 Å². The Morgan fingerprint density at radius 1 is 1.21 bits per heavy atom. The zero-order chi connectivity index (χ0) is 21.0. The van der Waals surface area contributed by atoms with Gasteiger partial charge in [-0.1, -0.05) is 57.0 Å². The number of fused-ring (bicyclic) bond motifs is 1. The predicted molar refractivity (Wildman–Crippen MR) is 120 cm³/mol. The van der Waals surface area contributed by atoms with Crippen molar-refractivity contribution < 1.29 is 4.79 Å². The van der Waals surface area contributed by atoms with Gasteiger partial charge >= 0.3 is 0 Å². The molecule has 0 bridgehead atoms. The van der Waals surface area contributed by atoms with Gasteiger partial charge < -0.3 is 4.90 Å². The molecule has 0 unspecified atom stereocenters. The molecule has 0 spiro atoms. The molecule has 29 heavy (non-hydrogen) atoms. The van der Waals surface area contributed by atoms with Gasteiger partial charge in [0.25, 0.3) is 5.56 Å². The number of nitrogens with zero attached hydrogens (tertiary/aromatic N) is 3. The summed E-state index contributed by atoms with van der Waals surface area (Å²) in [6, 6.07) is 7.81. The molecule has 1 saturated carbocycles. The summed E-state index contributed by atoms with van der Waals surface area (Å²) < 4.78 is 1.75. The molecule has 158 valence electrons. The highest BCUT2D eigenvalue weighted by atomic mass is 32.2. The Hall–Kier alpha value is -1.82. The minimum absolute atomic E-state index is 0.0222. The van der Waals surface area contributed by atoms with Crippen LogP contribution in [0.3, 0.4) is 0 Å². The maximum absolute atomic E-state index is 13.2. The first-order valence-corrected chi connectivity index (χ1v) is 11.8. The molecule has 0 N–H and O–H groups in total. The third kappa shape index (κ3) is 5.03. The molecule has 3 rings (SSSR count). The molecule has 1 aromatic heterocycles. The Morgan fingerprint density at radius 2 is 1.90 bits per heavy atom. The third-order valence-corrected chi connectivity index (χ3v) is 6.72. The number of amides is 1. The Morgan fingerprint density at radius 3 is 2.55 bits per heavy atom. The van der Waals surface area contributed by atoms with Crippen molar-refractivity contribution in [3.8, 4) is 0 Å². The van der Waals surface area contributed by atoms with Crippen molar-refractivity contribution in [3.63, 3.8) is 0 Å². The summed E-state index contributed by atoms with van der Waals surface area (Å²) in [4.78, 5) is 33.1. The molecule has 2 aromatic rings. The van der Waals surface area contributed by atoms with E-state index in [1.54, 1.807) is 4.57 Å². The van der Waals surface area contributed by atoms with Crippen molar-refractivity contribution in [2.75, 3.05) is 6.54 Å². The van der Waals surface area contributed by atoms with E-state index in [0.29, 0.717) is 34.6 Å². The second-order valence-corrected chi connectivity index (χ2v) is 9.71. The van der Waals surface area contributed by atoms with E-state index in [9.17, 15) is 9.59 Å². The maximum Gasteiger partial charge on any atom is 0.262 e. The molecule has 1 aliphatic carbocycles. The monoisotopic (exact) mass is 415 g/mol. The van der Waals surface area contributed by atoms with Gasteiger partial charge in [-0.3, -0.25) is 14.2 Å². The van der Waals surface area contributed by atoms with Crippen molar-refractivity contribution in [2.45, 2.75) is 82.8 Å². The molecule has 6 heteroatoms. The molecule has 1 aromatic carbocycles. The van der Waals surface area contributed by atoms with Crippen molar-refractivity contribution in [3.05, 3.63) is 34.6 Å². The summed E-state index contributed by atoms with van der Waals surface area (Å²) in [6.45, 7) is 9.52. The standard InChI is InChI=1S/C23H33N3O2S/c1-5-25(18-11-7-6-8-12-18)21(27)17(4)29-23-24-20-14-10-9-13-19(20)22(28)26(23)15-16(2)3/h9-10,13-14,16-18H,5-8,11-12,15H2,1-4H3/t17-/m1/s1. The molecular formula is C23H33N3O2S. The fraction of sp³-hybridized carbons (Fsp3) is 0.609. The number of carbonyl (C=O) groups excluding carboxylic acids is 1. The predicted octanol–water partition coefficient (Wildman–Crippen LogP) is 4.71. The van der Waals surface area contributed by atoms with Gasteiger partial charge in [0.05, 0.1) is 16.2 Å². The van der Waals surface area contributed by atoms with E-state index in [4.69, 9.17) is 4.98 Å². The van der Waals surface area contributed by atoms with E-state index in [-0.39, 0.29) is 16.7 Å². The lowest BCUT2D eigenvalue weighted by Gasteiger charge is -2.35. The van der Waals surface area contributed by atoms with Crippen molar-refractivity contribution in [1.29, 1.82) is 0 Å². The fourth-order valence-corrected chi connectivity index (χ4v) is 5.18. The maximum atomic E-state index is 13.2. The van der Waals surface area contributed by atoms with Crippen LogP contribution in [0.5, 0.6) is 0 Å². The second-order valence-electron chi connectivity index (χ2n) is 8.40. The molecule has 5 nitrogen and oxygen atoms in total. The summed E-state index contributed by atoms with van der Waals surface area (Å²) in [5.74, 6) is 0.471. The van der Waals surface area contributed by atoms with Crippen LogP contribution in [-0.4, -0.2) is 38.2 Å². The number of aromatic nitrogens is 2. The summed E-state index contributed by atoms with van der Waals surface area (Å²) in [6.07, 6.45) is 5.88. The zero-order valence-electron chi connectivity index (χ0n) is 18.1. The Balaban J connectivity index is 1.89. The van der Waals surface area contributed by atoms with E-state index in [2.05, 4.69) is 20.8 Å². The summed E-state index contributed by atoms with van der Waals surface area (Å²) in [7, 11) is 0. The number of rotatable bonds is 7. The molecule has 1 amide bonds. The fourth-order valence-electron chi connectivity index (χ4n) is 4.19. The van der Waals surface area contributed by atoms with Crippen LogP contribution in [0.2, 0.25) is 0 Å². The van der Waals surface area contributed by atoms with E-state index in [1.807, 2.05) is 36.1 Å². The van der Waals surface area contributed by atoms with Crippen LogP contribution in [0.4, 0.5) is 0 Å². The van der Waals surface area contributed by atoms with Gasteiger partial charge in [0.1, 0.15) is 0 Å². The van der Waals surface area contributed by atoms with Gasteiger partial charge in [-0.2, -0.15) is 0 Å². The number of hydrogen-bond donors (Lipinski definition) is 0. The van der Waals surface area contributed by atoms with Crippen molar-refractivity contribution in [1.82, 2.24) is 14.5 Å². The highest BCUT2D eigenvalue weighted by molar-refractivity contribution is 8.00. The lowest BCUT2D eigenvalue weighted by molar-refractivity contribution is -0.133. The van der Waals surface area contributed by atoms with Gasteiger partial charge in [-0.05, 0) is 44.7 Å². The SMILES string of the molecule is CCN(C(=O)[C@@H](C)Sc1nc2ccccc2c(=O)n1CC(C)C)C1CCCCC1. The van der Waals surface area contributed by atoms with E-state index < -0.39 is 0 Å². The van der Waals surface area contributed by atoms with Gasteiger partial charge in [-0.15, -0.1) is 0 Å². The normalized spacial score (nSPS) is 16.3. The highest BCUT2D eigenvalue weighted by Crippen LogP contribution is 2.28. The van der Waals surface area contributed by atoms with E-state index in [1.165, 1.54) is 31.0 Å². The first kappa shape index (κ1) is 21.9. The lowest BCUT2D eigenvalue weighted by Crippen LogP contribution is -2.44. The van der Waals surface area contributed by atoms with Crippen LogP contribution in [0.15, 0.2) is 34.2 Å². The summed E-state index contributed by atoms with van der Waals surface area (Å²) in [5, 5.41) is 1.00. The molecule has 0 saturated heterocycles. The van der Waals surface area contributed by atoms with Gasteiger partial charge in [0, 0.05) is 19.1 Å². The van der Waals surface area contributed by atoms with E-state index >= 15 is 0 Å². The topological polar surface area (TPSA) is 55.2 Å². The summed E-state index contributed by atoms with van der Waals surface area (Å²) in [5.41, 5.74) is 0.672. The Bertz CT molecular complexity index is 903. The van der Waals surface area contributed by atoms with Crippen molar-refractivity contribution in [2.24, 2.45) is 5.92 Å². The van der Waals surface area contributed by atoms with Gasteiger partial charge in [0.15, 0.2) is 5.16 Å². The number of thioether (sulfide) groups is 1. The minimum atomic E-state index is -0.275. The smallest absolute Gasteiger partial charge is 0.262 e. The molecule has 1 fully saturated rings. The van der Waals surface area contributed by atoms with Crippen molar-refractivity contribution >= 4 is 28.6 Å². The first-order valence-electron chi connectivity index (χ1n) is 10.9. The molecule has 1 atom stereocenters. The Labute approximate surface area is 177 Å². The molecular weight excluding hydrogens is 382 g/mol. The number of para-hydroxylation sites is 1. The van der Waals surface area contributed by atoms with Gasteiger partial charge in [0.2, 0.25) is 5.91 Å². The highest BCUT2D eigenvalue weighted by Gasteiger charge is 2.29. The average Bonchev–Trinajstić information content (AvgIpc) is 2.72. The Kier molecular flexibility index (Phi) is 7.38. The third-order valence-electron chi connectivity index (χ3n) is 5.64. The second kappa shape index (κ2) is 9.79. The number of hydrogen-bond acceptors (Lipinski definition) is 4. The minimum Gasteiger partial charge on any atom is -0.339 e. The quantitative estimate of drug-likeness (QED) is 0.485. The van der Waals surface area contributed by atoms with Crippen LogP contribution in [0.1, 0.15) is 59.8 Å². The molecule has 0 radical (unpaired) electrons. The lowest BCUT2D eigenvalue weighted by atomic mass is 9.94. The van der Waals surface area contributed by atoms with Crippen LogP contribution in [0, 0.1) is 5.92 Å². The molecule has 1 aliphatic rings. The zero-order valence-corrected chi connectivity index (χ0v) is 18.9. The largest absolute Gasteiger partial charge is 0.339 e. The first-order chi connectivity index (χ1) is 13.9. The van der Waals surface area contributed by atoms with Gasteiger partial charge in [-0.25, -0.2) is 4.98 Å².